The van der Waals surface area contributed by atoms with Crippen molar-refractivity contribution in [1.29, 1.82) is 0 Å². The Labute approximate surface area is 171 Å². The molecule has 1 saturated carbocycles. The molecule has 5 heteroatoms. The van der Waals surface area contributed by atoms with Crippen LogP contribution in [0.3, 0.4) is 0 Å². The van der Waals surface area contributed by atoms with Crippen LogP contribution < -0.4 is 9.47 Å². The molecule has 0 heterocycles. The van der Waals surface area contributed by atoms with Crippen molar-refractivity contribution >= 4 is 23.6 Å². The first-order chi connectivity index (χ1) is 13.5. The Hall–Kier alpha value is -2.46. The van der Waals surface area contributed by atoms with Crippen LogP contribution in [0, 0.1) is 0 Å². The third-order valence-corrected chi connectivity index (χ3v) is 4.77. The molecule has 2 aromatic carbocycles. The highest BCUT2D eigenvalue weighted by molar-refractivity contribution is 6.32. The predicted molar refractivity (Wildman–Crippen MR) is 113 cm³/mol. The summed E-state index contributed by atoms with van der Waals surface area (Å²) in [7, 11) is 1.58. The van der Waals surface area contributed by atoms with Gasteiger partial charge in [-0.25, -0.2) is 0 Å². The van der Waals surface area contributed by atoms with Crippen molar-refractivity contribution in [2.45, 2.75) is 45.4 Å². The smallest absolute Gasteiger partial charge is 0.247 e. The quantitative estimate of drug-likeness (QED) is 0.562. The molecule has 148 valence electrons. The summed E-state index contributed by atoms with van der Waals surface area (Å²) in [6, 6.07) is 14.0. The number of carbonyl (C=O) groups is 1. The van der Waals surface area contributed by atoms with Crippen molar-refractivity contribution in [3.8, 4) is 11.5 Å². The summed E-state index contributed by atoms with van der Waals surface area (Å²) in [5, 5.41) is 0.462. The van der Waals surface area contributed by atoms with Crippen molar-refractivity contribution in [2.75, 3.05) is 7.11 Å². The number of rotatable bonds is 8. The molecule has 0 unspecified atom stereocenters. The molecule has 0 aliphatic heterocycles. The third-order valence-electron chi connectivity index (χ3n) is 4.49. The number of benzene rings is 2. The number of ether oxygens (including phenoxy) is 2. The average Bonchev–Trinajstić information content (AvgIpc) is 3.51. The van der Waals surface area contributed by atoms with E-state index in [4.69, 9.17) is 21.1 Å². The Morgan fingerprint density at radius 2 is 1.96 bits per heavy atom. The Kier molecular flexibility index (Phi) is 6.63. The molecule has 1 fully saturated rings. The summed E-state index contributed by atoms with van der Waals surface area (Å²) in [4.78, 5) is 14.7. The minimum Gasteiger partial charge on any atom is -0.493 e. The molecule has 0 bridgehead atoms. The second-order valence-electron chi connectivity index (χ2n) is 7.22. The summed E-state index contributed by atoms with van der Waals surface area (Å²) in [6.45, 7) is 4.49. The lowest BCUT2D eigenvalue weighted by molar-refractivity contribution is -0.127. The fraction of sp³-hybridized carbons (Fsp3) is 0.348. The molecule has 0 radical (unpaired) electrons. The summed E-state index contributed by atoms with van der Waals surface area (Å²) in [5.74, 6) is 1.08. The molecular formula is C23H26ClNO3. The van der Waals surface area contributed by atoms with Crippen LogP contribution in [-0.2, 0) is 11.3 Å². The standard InChI is InChI=1S/C23H26ClNO3/c1-16(2)28-23-20(24)13-18(14-21(23)27-3)9-12-22(26)25(19-10-11-19)15-17-7-5-4-6-8-17/h4-9,12-14,16,19H,10-11,15H2,1-3H3/b12-9+. The van der Waals surface area contributed by atoms with Gasteiger partial charge >= 0.3 is 0 Å². The third kappa shape index (κ3) is 5.29. The molecule has 2 aromatic rings. The molecule has 4 nitrogen and oxygen atoms in total. The SMILES string of the molecule is COc1cc(/C=C/C(=O)N(Cc2ccccc2)C2CC2)cc(Cl)c1OC(C)C. The van der Waals surface area contributed by atoms with Crippen LogP contribution in [0.1, 0.15) is 37.8 Å². The van der Waals surface area contributed by atoms with Crippen molar-refractivity contribution < 1.29 is 14.3 Å². The Bertz CT molecular complexity index is 844. The van der Waals surface area contributed by atoms with Crippen LogP contribution in [0.4, 0.5) is 0 Å². The van der Waals surface area contributed by atoms with Gasteiger partial charge in [0.1, 0.15) is 0 Å². The normalized spacial score (nSPS) is 13.8. The van der Waals surface area contributed by atoms with E-state index in [1.807, 2.05) is 55.1 Å². The number of amides is 1. The largest absolute Gasteiger partial charge is 0.493 e. The van der Waals surface area contributed by atoms with Crippen molar-refractivity contribution in [3.63, 3.8) is 0 Å². The summed E-state index contributed by atoms with van der Waals surface area (Å²) in [6.07, 6.45) is 5.49. The molecule has 0 saturated heterocycles. The maximum atomic E-state index is 12.8. The van der Waals surface area contributed by atoms with Gasteiger partial charge in [-0.15, -0.1) is 0 Å². The van der Waals surface area contributed by atoms with Gasteiger partial charge in [-0.3, -0.25) is 4.79 Å². The highest BCUT2D eigenvalue weighted by Crippen LogP contribution is 2.37. The monoisotopic (exact) mass is 399 g/mol. The van der Waals surface area contributed by atoms with Crippen LogP contribution in [0.15, 0.2) is 48.5 Å². The summed E-state index contributed by atoms with van der Waals surface area (Å²) < 4.78 is 11.1. The summed E-state index contributed by atoms with van der Waals surface area (Å²) in [5.41, 5.74) is 1.93. The van der Waals surface area contributed by atoms with Crippen LogP contribution in [0.2, 0.25) is 5.02 Å². The zero-order valence-corrected chi connectivity index (χ0v) is 17.3. The van der Waals surface area contributed by atoms with Gasteiger partial charge in [0.25, 0.3) is 0 Å². The minimum atomic E-state index is -0.0144. The number of halogens is 1. The predicted octanol–water partition coefficient (Wildman–Crippen LogP) is 5.34. The fourth-order valence-electron chi connectivity index (χ4n) is 3.00. The Balaban J connectivity index is 1.76. The van der Waals surface area contributed by atoms with Gasteiger partial charge in [0.2, 0.25) is 5.91 Å². The van der Waals surface area contributed by atoms with Gasteiger partial charge in [0, 0.05) is 18.7 Å². The van der Waals surface area contributed by atoms with Gasteiger partial charge in [-0.2, -0.15) is 0 Å². The first-order valence-electron chi connectivity index (χ1n) is 9.54. The average molecular weight is 400 g/mol. The van der Waals surface area contributed by atoms with E-state index >= 15 is 0 Å². The first-order valence-corrected chi connectivity index (χ1v) is 9.92. The fourth-order valence-corrected chi connectivity index (χ4v) is 3.27. The van der Waals surface area contributed by atoms with E-state index in [2.05, 4.69) is 0 Å². The molecule has 1 amide bonds. The van der Waals surface area contributed by atoms with E-state index in [1.165, 1.54) is 0 Å². The molecule has 0 atom stereocenters. The van der Waals surface area contributed by atoms with E-state index in [9.17, 15) is 4.79 Å². The minimum absolute atomic E-state index is 0.00366. The topological polar surface area (TPSA) is 38.8 Å². The Morgan fingerprint density at radius 1 is 1.25 bits per heavy atom. The van der Waals surface area contributed by atoms with Gasteiger partial charge in [0.05, 0.1) is 18.2 Å². The number of hydrogen-bond acceptors (Lipinski definition) is 3. The molecule has 3 rings (SSSR count). The second kappa shape index (κ2) is 9.16. The maximum absolute atomic E-state index is 12.8. The first kappa shape index (κ1) is 20.3. The van der Waals surface area contributed by atoms with Crippen LogP contribution in [0.25, 0.3) is 6.08 Å². The van der Waals surface area contributed by atoms with E-state index in [-0.39, 0.29) is 12.0 Å². The van der Waals surface area contributed by atoms with Crippen molar-refractivity contribution in [3.05, 3.63) is 64.7 Å². The van der Waals surface area contributed by atoms with E-state index < -0.39 is 0 Å². The van der Waals surface area contributed by atoms with E-state index in [1.54, 1.807) is 25.3 Å². The number of hydrogen-bond donors (Lipinski definition) is 0. The molecule has 0 aromatic heterocycles. The van der Waals surface area contributed by atoms with Crippen LogP contribution >= 0.6 is 11.6 Å². The summed E-state index contributed by atoms with van der Waals surface area (Å²) >= 11 is 6.37. The van der Waals surface area contributed by atoms with Gasteiger partial charge < -0.3 is 14.4 Å². The van der Waals surface area contributed by atoms with Gasteiger partial charge in [-0.05, 0) is 56.0 Å². The lowest BCUT2D eigenvalue weighted by atomic mass is 10.1. The lowest BCUT2D eigenvalue weighted by Gasteiger charge is -2.21. The zero-order chi connectivity index (χ0) is 20.1. The van der Waals surface area contributed by atoms with Crippen LogP contribution in [0.5, 0.6) is 11.5 Å². The zero-order valence-electron chi connectivity index (χ0n) is 16.5. The molecule has 28 heavy (non-hydrogen) atoms. The molecule has 1 aliphatic carbocycles. The van der Waals surface area contributed by atoms with Gasteiger partial charge in [0.15, 0.2) is 11.5 Å². The number of carbonyl (C=O) groups excluding carboxylic acids is 1. The maximum Gasteiger partial charge on any atom is 0.247 e. The molecule has 0 spiro atoms. The molecule has 1 aliphatic rings. The van der Waals surface area contributed by atoms with E-state index in [0.717, 1.165) is 24.0 Å². The number of nitrogens with zero attached hydrogens (tertiary/aromatic N) is 1. The molecular weight excluding hydrogens is 374 g/mol. The number of methoxy groups -OCH3 is 1. The second-order valence-corrected chi connectivity index (χ2v) is 7.62. The lowest BCUT2D eigenvalue weighted by Crippen LogP contribution is -2.31. The Morgan fingerprint density at radius 3 is 2.57 bits per heavy atom. The van der Waals surface area contributed by atoms with Crippen molar-refractivity contribution in [2.24, 2.45) is 0 Å². The van der Waals surface area contributed by atoms with E-state index in [0.29, 0.717) is 29.1 Å². The highest BCUT2D eigenvalue weighted by Gasteiger charge is 2.31. The van der Waals surface area contributed by atoms with Crippen LogP contribution in [-0.4, -0.2) is 30.1 Å². The van der Waals surface area contributed by atoms with Gasteiger partial charge in [-0.1, -0.05) is 41.9 Å². The highest BCUT2D eigenvalue weighted by atomic mass is 35.5. The molecule has 0 N–H and O–H groups in total. The van der Waals surface area contributed by atoms with Crippen molar-refractivity contribution in [1.82, 2.24) is 4.90 Å².